The van der Waals surface area contributed by atoms with Crippen LogP contribution in [0.25, 0.3) is 0 Å². The Morgan fingerprint density at radius 1 is 1.06 bits per heavy atom. The third kappa shape index (κ3) is 3.71. The van der Waals surface area contributed by atoms with Crippen LogP contribution in [0.1, 0.15) is 24.0 Å². The van der Waals surface area contributed by atoms with Crippen molar-refractivity contribution in [2.24, 2.45) is 5.73 Å². The molecule has 2 aromatic rings. The predicted molar refractivity (Wildman–Crippen MR) is 69.5 cm³/mol. The van der Waals surface area contributed by atoms with Gasteiger partial charge in [0.1, 0.15) is 0 Å². The van der Waals surface area contributed by atoms with Gasteiger partial charge in [-0.3, -0.25) is 4.68 Å². The quantitative estimate of drug-likeness (QED) is 0.773. The summed E-state index contributed by atoms with van der Waals surface area (Å²) in [7, 11) is 0. The minimum Gasteiger partial charge on any atom is -0.326 e. The average Bonchev–Trinajstić information content (AvgIpc) is 2.84. The normalized spacial score (nSPS) is 10.6. The van der Waals surface area contributed by atoms with Gasteiger partial charge in [-0.2, -0.15) is 5.10 Å². The molecule has 1 aromatic carbocycles. The van der Waals surface area contributed by atoms with Crippen LogP contribution in [0.15, 0.2) is 42.7 Å². The summed E-state index contributed by atoms with van der Waals surface area (Å²) in [5.74, 6) is 0. The molecule has 0 bridgehead atoms. The molecule has 2 N–H and O–H groups in total. The van der Waals surface area contributed by atoms with Crippen molar-refractivity contribution < 1.29 is 0 Å². The summed E-state index contributed by atoms with van der Waals surface area (Å²) in [6.45, 7) is 1.55. The molecule has 0 amide bonds. The summed E-state index contributed by atoms with van der Waals surface area (Å²) < 4.78 is 1.98. The van der Waals surface area contributed by atoms with Crippen LogP contribution in [-0.4, -0.2) is 9.78 Å². The highest BCUT2D eigenvalue weighted by molar-refractivity contribution is 5.14. The zero-order valence-electron chi connectivity index (χ0n) is 10.0. The molecule has 3 heteroatoms. The Morgan fingerprint density at radius 2 is 1.88 bits per heavy atom. The van der Waals surface area contributed by atoms with E-state index in [2.05, 4.69) is 35.4 Å². The first-order chi connectivity index (χ1) is 8.38. The van der Waals surface area contributed by atoms with E-state index in [0.717, 1.165) is 24.9 Å². The molecule has 0 unspecified atom stereocenters. The van der Waals surface area contributed by atoms with Gasteiger partial charge in [0.25, 0.3) is 0 Å². The number of unbranched alkanes of at least 4 members (excludes halogenated alkanes) is 1. The van der Waals surface area contributed by atoms with Gasteiger partial charge in [0.2, 0.25) is 0 Å². The fraction of sp³-hybridized carbons (Fsp3) is 0.357. The van der Waals surface area contributed by atoms with Crippen LogP contribution in [0.4, 0.5) is 0 Å². The number of hydrogen-bond donors (Lipinski definition) is 1. The van der Waals surface area contributed by atoms with Crippen LogP contribution in [0, 0.1) is 0 Å². The lowest BCUT2D eigenvalue weighted by atomic mass is 10.1. The monoisotopic (exact) mass is 229 g/mol. The van der Waals surface area contributed by atoms with E-state index in [1.807, 2.05) is 17.1 Å². The fourth-order valence-electron chi connectivity index (χ4n) is 1.88. The third-order valence-electron chi connectivity index (χ3n) is 2.87. The van der Waals surface area contributed by atoms with Crippen molar-refractivity contribution in [1.29, 1.82) is 0 Å². The fourth-order valence-corrected chi connectivity index (χ4v) is 1.88. The molecule has 17 heavy (non-hydrogen) atoms. The van der Waals surface area contributed by atoms with Crippen molar-refractivity contribution in [3.63, 3.8) is 0 Å². The molecule has 0 aliphatic rings. The number of aromatic nitrogens is 2. The first-order valence-electron chi connectivity index (χ1n) is 6.14. The molecule has 0 radical (unpaired) electrons. The van der Waals surface area contributed by atoms with Gasteiger partial charge in [-0.25, -0.2) is 0 Å². The number of nitrogens with two attached hydrogens (primary N) is 1. The molecule has 0 aliphatic heterocycles. The molecule has 0 fully saturated rings. The van der Waals surface area contributed by atoms with Crippen molar-refractivity contribution in [3.8, 4) is 0 Å². The Balaban J connectivity index is 1.69. The van der Waals surface area contributed by atoms with Crippen LogP contribution in [0.3, 0.4) is 0 Å². The van der Waals surface area contributed by atoms with E-state index in [0.29, 0.717) is 6.54 Å². The topological polar surface area (TPSA) is 43.8 Å². The number of nitrogens with zero attached hydrogens (tertiary/aromatic N) is 2. The molecule has 90 valence electrons. The van der Waals surface area contributed by atoms with Crippen molar-refractivity contribution in [1.82, 2.24) is 9.78 Å². The standard InChI is InChI=1S/C14H19N3/c15-10-14-11-16-17(12-14)9-5-4-8-13-6-2-1-3-7-13/h1-3,6-7,11-12H,4-5,8-10,15H2. The molecule has 3 nitrogen and oxygen atoms in total. The van der Waals surface area contributed by atoms with E-state index >= 15 is 0 Å². The van der Waals surface area contributed by atoms with E-state index in [4.69, 9.17) is 5.73 Å². The second-order valence-electron chi connectivity index (χ2n) is 4.26. The molecular formula is C14H19N3. The first-order valence-corrected chi connectivity index (χ1v) is 6.14. The number of benzene rings is 1. The number of hydrogen-bond acceptors (Lipinski definition) is 2. The maximum atomic E-state index is 5.54. The zero-order chi connectivity index (χ0) is 11.9. The van der Waals surface area contributed by atoms with Gasteiger partial charge in [0, 0.05) is 24.8 Å². The second kappa shape index (κ2) is 6.21. The van der Waals surface area contributed by atoms with Crippen LogP contribution < -0.4 is 5.73 Å². The molecule has 1 heterocycles. The summed E-state index contributed by atoms with van der Waals surface area (Å²) in [6.07, 6.45) is 7.37. The highest BCUT2D eigenvalue weighted by atomic mass is 15.3. The maximum Gasteiger partial charge on any atom is 0.0534 e. The zero-order valence-corrected chi connectivity index (χ0v) is 10.0. The average molecular weight is 229 g/mol. The Kier molecular flexibility index (Phi) is 4.33. The van der Waals surface area contributed by atoms with E-state index in [9.17, 15) is 0 Å². The van der Waals surface area contributed by atoms with Crippen LogP contribution in [0.5, 0.6) is 0 Å². The SMILES string of the molecule is NCc1cnn(CCCCc2ccccc2)c1. The highest BCUT2D eigenvalue weighted by Gasteiger charge is 1.97. The third-order valence-corrected chi connectivity index (χ3v) is 2.87. The molecule has 0 spiro atoms. The van der Waals surface area contributed by atoms with Gasteiger partial charge in [0.15, 0.2) is 0 Å². The van der Waals surface area contributed by atoms with Crippen LogP contribution in [-0.2, 0) is 19.5 Å². The molecule has 2 rings (SSSR count). The Labute approximate surface area is 102 Å². The van der Waals surface area contributed by atoms with Crippen molar-refractivity contribution >= 4 is 0 Å². The van der Waals surface area contributed by atoms with Gasteiger partial charge >= 0.3 is 0 Å². The maximum absolute atomic E-state index is 5.54. The molecule has 0 saturated carbocycles. The smallest absolute Gasteiger partial charge is 0.0534 e. The minimum absolute atomic E-state index is 0.573. The van der Waals surface area contributed by atoms with Crippen molar-refractivity contribution in [3.05, 3.63) is 53.9 Å². The summed E-state index contributed by atoms with van der Waals surface area (Å²) in [6, 6.07) is 10.6. The lowest BCUT2D eigenvalue weighted by Gasteiger charge is -2.02. The highest BCUT2D eigenvalue weighted by Crippen LogP contribution is 2.06. The molecule has 1 aromatic heterocycles. The van der Waals surface area contributed by atoms with Gasteiger partial charge < -0.3 is 5.73 Å². The Morgan fingerprint density at radius 3 is 2.59 bits per heavy atom. The second-order valence-corrected chi connectivity index (χ2v) is 4.26. The Bertz CT molecular complexity index is 434. The predicted octanol–water partition coefficient (Wildman–Crippen LogP) is 2.36. The van der Waals surface area contributed by atoms with Gasteiger partial charge in [-0.1, -0.05) is 30.3 Å². The summed E-state index contributed by atoms with van der Waals surface area (Å²) in [5.41, 5.74) is 8.06. The molecule has 0 atom stereocenters. The summed E-state index contributed by atoms with van der Waals surface area (Å²) in [5, 5.41) is 4.27. The first kappa shape index (κ1) is 11.9. The van der Waals surface area contributed by atoms with E-state index in [-0.39, 0.29) is 0 Å². The summed E-state index contributed by atoms with van der Waals surface area (Å²) in [4.78, 5) is 0. The van der Waals surface area contributed by atoms with Crippen LogP contribution in [0.2, 0.25) is 0 Å². The van der Waals surface area contributed by atoms with Crippen LogP contribution >= 0.6 is 0 Å². The van der Waals surface area contributed by atoms with E-state index < -0.39 is 0 Å². The van der Waals surface area contributed by atoms with Gasteiger partial charge in [0.05, 0.1) is 6.20 Å². The largest absolute Gasteiger partial charge is 0.326 e. The molecule has 0 saturated heterocycles. The molecule has 0 aliphatic carbocycles. The summed E-state index contributed by atoms with van der Waals surface area (Å²) >= 11 is 0. The van der Waals surface area contributed by atoms with E-state index in [1.165, 1.54) is 12.0 Å². The number of aryl methyl sites for hydroxylation is 2. The Hall–Kier alpha value is -1.61. The lowest BCUT2D eigenvalue weighted by Crippen LogP contribution is -1.99. The van der Waals surface area contributed by atoms with Gasteiger partial charge in [-0.15, -0.1) is 0 Å². The van der Waals surface area contributed by atoms with Crippen molar-refractivity contribution in [2.45, 2.75) is 32.4 Å². The number of rotatable bonds is 6. The molecular weight excluding hydrogens is 210 g/mol. The van der Waals surface area contributed by atoms with E-state index in [1.54, 1.807) is 0 Å². The van der Waals surface area contributed by atoms with Crippen molar-refractivity contribution in [2.75, 3.05) is 0 Å². The minimum atomic E-state index is 0.573. The van der Waals surface area contributed by atoms with Gasteiger partial charge in [-0.05, 0) is 24.8 Å². The lowest BCUT2D eigenvalue weighted by molar-refractivity contribution is 0.557.